The minimum Gasteiger partial charge on any atom is -0.368 e. The number of nitriles is 1. The summed E-state index contributed by atoms with van der Waals surface area (Å²) in [5.41, 5.74) is 6.24. The molecule has 4 aromatic rings. The topological polar surface area (TPSA) is 106 Å². The Labute approximate surface area is 233 Å². The van der Waals surface area contributed by atoms with E-state index in [1.807, 2.05) is 0 Å². The van der Waals surface area contributed by atoms with Crippen LogP contribution in [0.5, 0.6) is 0 Å². The number of aromatic nitrogens is 2. The van der Waals surface area contributed by atoms with Crippen molar-refractivity contribution in [1.82, 2.24) is 9.78 Å². The quantitative estimate of drug-likeness (QED) is 0.239. The van der Waals surface area contributed by atoms with Crippen molar-refractivity contribution in [1.29, 1.82) is 5.26 Å². The van der Waals surface area contributed by atoms with Crippen LogP contribution in [0, 0.1) is 23.1 Å². The fraction of sp³-hybridized carbons (Fsp3) is 0.233. The van der Waals surface area contributed by atoms with Crippen LogP contribution < -0.4 is 11.1 Å². The van der Waals surface area contributed by atoms with Gasteiger partial charge in [-0.15, -0.1) is 0 Å². The van der Waals surface area contributed by atoms with Crippen LogP contribution in [0.1, 0.15) is 57.4 Å². The summed E-state index contributed by atoms with van der Waals surface area (Å²) in [7, 11) is 0. The van der Waals surface area contributed by atoms with E-state index in [0.717, 1.165) is 29.2 Å². The second-order valence-corrected chi connectivity index (χ2v) is 9.78. The number of hydrogen-bond acceptors (Lipinski definition) is 5. The molecule has 41 heavy (non-hydrogen) atoms. The van der Waals surface area contributed by atoms with Gasteiger partial charge in [0.05, 0.1) is 29.6 Å². The number of nitrogens with zero attached hydrogens (tertiary/aromatic N) is 3. The highest BCUT2D eigenvalue weighted by atomic mass is 19.4. The van der Waals surface area contributed by atoms with Gasteiger partial charge in [0.15, 0.2) is 5.69 Å². The molecule has 1 fully saturated rings. The molecule has 11 heteroatoms. The maximum Gasteiger partial charge on any atom is 0.435 e. The zero-order valence-electron chi connectivity index (χ0n) is 21.7. The number of hydrogen-bond donors (Lipinski definition) is 2. The van der Waals surface area contributed by atoms with Crippen molar-refractivity contribution in [2.45, 2.75) is 31.7 Å². The zero-order chi connectivity index (χ0) is 29.1. The van der Waals surface area contributed by atoms with Crippen molar-refractivity contribution >= 4 is 11.6 Å². The van der Waals surface area contributed by atoms with Gasteiger partial charge in [-0.3, -0.25) is 4.79 Å². The van der Waals surface area contributed by atoms with Gasteiger partial charge in [-0.1, -0.05) is 30.3 Å². The van der Waals surface area contributed by atoms with Crippen LogP contribution in [-0.2, 0) is 17.5 Å². The fourth-order valence-electron chi connectivity index (χ4n) is 4.32. The number of benzene rings is 3. The third-order valence-electron chi connectivity index (χ3n) is 6.70. The summed E-state index contributed by atoms with van der Waals surface area (Å²) >= 11 is 0. The molecule has 5 rings (SSSR count). The number of alkyl halides is 3. The smallest absolute Gasteiger partial charge is 0.368 e. The Balaban J connectivity index is 1.48. The molecule has 7 nitrogen and oxygen atoms in total. The molecule has 1 amide bonds. The van der Waals surface area contributed by atoms with Crippen LogP contribution in [0.15, 0.2) is 72.8 Å². The Morgan fingerprint density at radius 1 is 1.10 bits per heavy atom. The van der Waals surface area contributed by atoms with E-state index in [1.54, 1.807) is 36.4 Å². The fourth-order valence-corrected chi connectivity index (χ4v) is 4.32. The SMILES string of the molecule is N#Cc1ccc([C@@H](OCC2CC2)c2ccc(F)c(NC(=O)c3cc(C(F)(F)F)nn3-c3cccc(CN)c3)c2)cc1. The molecule has 1 heterocycles. The van der Waals surface area contributed by atoms with E-state index in [1.165, 1.54) is 24.3 Å². The summed E-state index contributed by atoms with van der Waals surface area (Å²) in [5.74, 6) is -1.34. The van der Waals surface area contributed by atoms with Gasteiger partial charge in [0.1, 0.15) is 17.6 Å². The lowest BCUT2D eigenvalue weighted by Gasteiger charge is -2.20. The van der Waals surface area contributed by atoms with Crippen molar-refractivity contribution in [2.75, 3.05) is 11.9 Å². The molecule has 0 radical (unpaired) electrons. The molecule has 1 aliphatic rings. The van der Waals surface area contributed by atoms with E-state index in [-0.39, 0.29) is 17.9 Å². The van der Waals surface area contributed by atoms with Crippen molar-refractivity contribution in [3.8, 4) is 11.8 Å². The second kappa shape index (κ2) is 11.5. The van der Waals surface area contributed by atoms with Crippen LogP contribution in [-0.4, -0.2) is 22.3 Å². The average Bonchev–Trinajstić information content (AvgIpc) is 3.68. The largest absolute Gasteiger partial charge is 0.435 e. The van der Waals surface area contributed by atoms with Crippen molar-refractivity contribution in [2.24, 2.45) is 11.7 Å². The standard InChI is InChI=1S/C30H25F4N5O2/c31-24-11-10-22(28(41-17-19-4-5-19)21-8-6-18(15-35)7-9-21)13-25(24)37-29(40)26-14-27(30(32,33)34)38-39(26)23-3-1-2-20(12-23)16-36/h1-3,6-14,19,28H,4-5,16-17,36H2,(H,37,40)/t28-/m1/s1. The minimum atomic E-state index is -4.82. The Bertz CT molecular complexity index is 1600. The monoisotopic (exact) mass is 563 g/mol. The Kier molecular flexibility index (Phi) is 7.88. The van der Waals surface area contributed by atoms with Gasteiger partial charge < -0.3 is 15.8 Å². The first-order valence-electron chi connectivity index (χ1n) is 12.9. The lowest BCUT2D eigenvalue weighted by molar-refractivity contribution is -0.141. The molecule has 3 aromatic carbocycles. The Morgan fingerprint density at radius 2 is 1.83 bits per heavy atom. The number of amides is 1. The number of nitrogens with one attached hydrogen (secondary N) is 1. The third kappa shape index (κ3) is 6.45. The molecule has 0 bridgehead atoms. The summed E-state index contributed by atoms with van der Waals surface area (Å²) in [4.78, 5) is 13.3. The first-order chi connectivity index (χ1) is 19.7. The summed E-state index contributed by atoms with van der Waals surface area (Å²) in [6.07, 6.45) is -3.34. The Morgan fingerprint density at radius 3 is 2.49 bits per heavy atom. The maximum atomic E-state index is 14.9. The van der Waals surface area contributed by atoms with E-state index in [4.69, 9.17) is 15.7 Å². The van der Waals surface area contributed by atoms with Crippen LogP contribution in [0.4, 0.5) is 23.2 Å². The molecule has 0 spiro atoms. The van der Waals surface area contributed by atoms with Crippen LogP contribution in [0.2, 0.25) is 0 Å². The molecular weight excluding hydrogens is 538 g/mol. The van der Waals surface area contributed by atoms with Crippen LogP contribution >= 0.6 is 0 Å². The van der Waals surface area contributed by atoms with Crippen molar-refractivity contribution in [3.05, 3.63) is 112 Å². The third-order valence-corrected chi connectivity index (χ3v) is 6.70. The number of carbonyl (C=O) groups excluding carboxylic acids is 1. The predicted molar refractivity (Wildman–Crippen MR) is 142 cm³/mol. The van der Waals surface area contributed by atoms with E-state index >= 15 is 0 Å². The zero-order valence-corrected chi connectivity index (χ0v) is 21.7. The van der Waals surface area contributed by atoms with Gasteiger partial charge in [-0.2, -0.15) is 23.5 Å². The van der Waals surface area contributed by atoms with E-state index in [2.05, 4.69) is 16.5 Å². The first kappa shape index (κ1) is 28.0. The highest BCUT2D eigenvalue weighted by Crippen LogP contribution is 2.35. The number of rotatable bonds is 9. The normalized spacial score (nSPS) is 14.0. The molecule has 1 aliphatic carbocycles. The summed E-state index contributed by atoms with van der Waals surface area (Å²) in [5, 5.41) is 15.2. The number of halogens is 4. The lowest BCUT2D eigenvalue weighted by Crippen LogP contribution is -2.18. The van der Waals surface area contributed by atoms with Gasteiger partial charge in [0.25, 0.3) is 5.91 Å². The van der Waals surface area contributed by atoms with Crippen molar-refractivity contribution < 1.29 is 27.1 Å². The van der Waals surface area contributed by atoms with Gasteiger partial charge in [0, 0.05) is 12.6 Å². The van der Waals surface area contributed by atoms with E-state index in [9.17, 15) is 22.4 Å². The van der Waals surface area contributed by atoms with Gasteiger partial charge >= 0.3 is 6.18 Å². The molecule has 210 valence electrons. The molecule has 0 aliphatic heterocycles. The molecule has 1 saturated carbocycles. The summed E-state index contributed by atoms with van der Waals surface area (Å²) in [6.45, 7) is 0.606. The molecule has 1 atom stereocenters. The van der Waals surface area contributed by atoms with Gasteiger partial charge in [-0.05, 0) is 71.8 Å². The second-order valence-electron chi connectivity index (χ2n) is 9.78. The summed E-state index contributed by atoms with van der Waals surface area (Å²) < 4.78 is 62.7. The highest BCUT2D eigenvalue weighted by Gasteiger charge is 2.36. The number of ether oxygens (including phenoxy) is 1. The molecule has 3 N–H and O–H groups in total. The van der Waals surface area contributed by atoms with Gasteiger partial charge in [-0.25, -0.2) is 9.07 Å². The number of anilines is 1. The molecule has 0 unspecified atom stereocenters. The van der Waals surface area contributed by atoms with Gasteiger partial charge in [0.2, 0.25) is 0 Å². The number of nitrogens with two attached hydrogens (primary N) is 1. The minimum absolute atomic E-state index is 0.129. The lowest BCUT2D eigenvalue weighted by atomic mass is 9.99. The predicted octanol–water partition coefficient (Wildman–Crippen LogP) is 6.13. The average molecular weight is 564 g/mol. The van der Waals surface area contributed by atoms with Crippen molar-refractivity contribution in [3.63, 3.8) is 0 Å². The Hall–Kier alpha value is -4.53. The van der Waals surface area contributed by atoms with Crippen LogP contribution in [0.25, 0.3) is 5.69 Å². The first-order valence-corrected chi connectivity index (χ1v) is 12.9. The molecule has 0 saturated heterocycles. The van der Waals surface area contributed by atoms with Crippen LogP contribution in [0.3, 0.4) is 0 Å². The molecular formula is C30H25F4N5O2. The molecule has 1 aromatic heterocycles. The number of carbonyl (C=O) groups is 1. The van der Waals surface area contributed by atoms with E-state index in [0.29, 0.717) is 35.3 Å². The maximum absolute atomic E-state index is 14.9. The van der Waals surface area contributed by atoms with E-state index < -0.39 is 35.4 Å². The summed E-state index contributed by atoms with van der Waals surface area (Å²) in [6, 6.07) is 19.8. The highest BCUT2D eigenvalue weighted by molar-refractivity contribution is 6.03.